The lowest BCUT2D eigenvalue weighted by Gasteiger charge is -2.14. The van der Waals surface area contributed by atoms with Gasteiger partial charge in [-0.15, -0.1) is 12.3 Å². The average Bonchev–Trinajstić information content (AvgIpc) is 3.08. The van der Waals surface area contributed by atoms with Gasteiger partial charge in [0.2, 0.25) is 0 Å². The number of hydrogen-bond donors (Lipinski definition) is 0. The molecule has 0 spiro atoms. The maximum Gasteiger partial charge on any atom is 0.414 e. The van der Waals surface area contributed by atoms with Crippen molar-refractivity contribution in [1.29, 1.82) is 0 Å². The molecule has 1 atom stereocenters. The minimum absolute atomic E-state index is 0.0527. The quantitative estimate of drug-likeness (QED) is 0.461. The Morgan fingerprint density at radius 3 is 2.69 bits per heavy atom. The molecule has 4 nitrogen and oxygen atoms in total. The third-order valence-corrected chi connectivity index (χ3v) is 5.01. The van der Waals surface area contributed by atoms with E-state index in [0.717, 1.165) is 30.4 Å². The Morgan fingerprint density at radius 2 is 2.03 bits per heavy atom. The number of anilines is 1. The number of carbonyl (C=O) groups is 2. The number of cyclic esters (lactones) is 1. The van der Waals surface area contributed by atoms with Crippen molar-refractivity contribution in [2.24, 2.45) is 0 Å². The summed E-state index contributed by atoms with van der Waals surface area (Å²) in [6, 6.07) is 12.5. The van der Waals surface area contributed by atoms with Gasteiger partial charge in [-0.3, -0.25) is 4.90 Å². The van der Waals surface area contributed by atoms with E-state index in [1.165, 1.54) is 17.9 Å². The Balaban J connectivity index is 1.69. The number of carbonyl (C=O) groups excluding carboxylic acids is 2. The molecule has 29 heavy (non-hydrogen) atoms. The van der Waals surface area contributed by atoms with Gasteiger partial charge in [0, 0.05) is 18.4 Å². The molecular weight excluding hydrogens is 369 g/mol. The minimum atomic E-state index is -0.512. The topological polar surface area (TPSA) is 46.6 Å². The van der Waals surface area contributed by atoms with Crippen LogP contribution in [0.5, 0.6) is 0 Å². The van der Waals surface area contributed by atoms with Gasteiger partial charge in [-0.05, 0) is 55.5 Å². The molecule has 1 amide bonds. The van der Waals surface area contributed by atoms with E-state index in [1.54, 1.807) is 12.1 Å². The summed E-state index contributed by atoms with van der Waals surface area (Å²) in [5, 5.41) is 0. The first-order valence-electron chi connectivity index (χ1n) is 9.78. The van der Waals surface area contributed by atoms with E-state index in [4.69, 9.17) is 11.2 Å². The number of aryl methyl sites for hydroxylation is 1. The number of halogens is 1. The molecular formula is C24H24FNO3. The zero-order chi connectivity index (χ0) is 20.8. The van der Waals surface area contributed by atoms with E-state index >= 15 is 0 Å². The lowest BCUT2D eigenvalue weighted by molar-refractivity contribution is -0.117. The summed E-state index contributed by atoms with van der Waals surface area (Å²) >= 11 is 0. The van der Waals surface area contributed by atoms with Gasteiger partial charge in [0.15, 0.2) is 0 Å². The molecule has 0 aliphatic carbocycles. The number of nitrogens with zero attached hydrogens (tertiary/aromatic N) is 1. The van der Waals surface area contributed by atoms with Crippen LogP contribution in [0.2, 0.25) is 0 Å². The number of rotatable bonds is 8. The SMILES string of the molecule is C#CCCCc1ccc(-c2ccc(N3C[C@H](CCC(C)=O)OC3=O)cc2F)cc1. The predicted molar refractivity (Wildman–Crippen MR) is 111 cm³/mol. The van der Waals surface area contributed by atoms with Crippen LogP contribution in [0.4, 0.5) is 14.9 Å². The summed E-state index contributed by atoms with van der Waals surface area (Å²) in [5.74, 6) is 2.28. The highest BCUT2D eigenvalue weighted by Crippen LogP contribution is 2.30. The lowest BCUT2D eigenvalue weighted by atomic mass is 10.0. The largest absolute Gasteiger partial charge is 0.444 e. The van der Waals surface area contributed by atoms with E-state index in [0.29, 0.717) is 30.6 Å². The molecule has 2 aromatic carbocycles. The van der Waals surface area contributed by atoms with Gasteiger partial charge in [0.25, 0.3) is 0 Å². The third-order valence-electron chi connectivity index (χ3n) is 5.01. The molecule has 2 aromatic rings. The summed E-state index contributed by atoms with van der Waals surface area (Å²) in [4.78, 5) is 24.7. The summed E-state index contributed by atoms with van der Waals surface area (Å²) in [6.07, 6.45) is 7.81. The molecule has 1 fully saturated rings. The van der Waals surface area contributed by atoms with Crippen LogP contribution in [0.25, 0.3) is 11.1 Å². The lowest BCUT2D eigenvalue weighted by Crippen LogP contribution is -2.24. The molecule has 3 rings (SSSR count). The Morgan fingerprint density at radius 1 is 1.28 bits per heavy atom. The van der Waals surface area contributed by atoms with Crippen molar-refractivity contribution in [2.45, 2.75) is 45.1 Å². The standard InChI is InChI=1S/C24H24FNO3/c1-3-4-5-6-18-8-10-19(11-9-18)22-14-12-20(15-23(22)25)26-16-21(29-24(26)28)13-7-17(2)27/h1,8-12,14-15,21H,4-7,13,16H2,2H3/t21-/m0/s1. The van der Waals surface area contributed by atoms with Crippen LogP contribution in [0.3, 0.4) is 0 Å². The first kappa shape index (κ1) is 20.6. The molecule has 1 saturated heterocycles. The van der Waals surface area contributed by atoms with E-state index < -0.39 is 11.9 Å². The fourth-order valence-electron chi connectivity index (χ4n) is 3.40. The van der Waals surface area contributed by atoms with Crippen molar-refractivity contribution in [3.8, 4) is 23.5 Å². The van der Waals surface area contributed by atoms with E-state index in [1.807, 2.05) is 24.3 Å². The van der Waals surface area contributed by atoms with Crippen LogP contribution >= 0.6 is 0 Å². The molecule has 0 radical (unpaired) electrons. The van der Waals surface area contributed by atoms with Gasteiger partial charge in [0.05, 0.1) is 12.2 Å². The second-order valence-corrected chi connectivity index (χ2v) is 7.28. The second kappa shape index (κ2) is 9.38. The number of unbranched alkanes of at least 4 members (excludes halogenated alkanes) is 1. The molecule has 5 heteroatoms. The van der Waals surface area contributed by atoms with Crippen LogP contribution in [0, 0.1) is 18.2 Å². The average molecular weight is 393 g/mol. The van der Waals surface area contributed by atoms with Gasteiger partial charge in [-0.2, -0.15) is 0 Å². The zero-order valence-electron chi connectivity index (χ0n) is 16.5. The van der Waals surface area contributed by atoms with Crippen molar-refractivity contribution in [3.05, 3.63) is 53.8 Å². The van der Waals surface area contributed by atoms with Crippen LogP contribution in [0.15, 0.2) is 42.5 Å². The Bertz CT molecular complexity index is 930. The highest BCUT2D eigenvalue weighted by molar-refractivity contribution is 5.90. The van der Waals surface area contributed by atoms with Gasteiger partial charge in [-0.1, -0.05) is 24.3 Å². The summed E-state index contributed by atoms with van der Waals surface area (Å²) in [5.41, 5.74) is 2.87. The number of benzene rings is 2. The fraction of sp³-hybridized carbons (Fsp3) is 0.333. The number of ether oxygens (including phenoxy) is 1. The molecule has 0 aromatic heterocycles. The van der Waals surface area contributed by atoms with Gasteiger partial charge >= 0.3 is 6.09 Å². The Kier molecular flexibility index (Phi) is 6.66. The van der Waals surface area contributed by atoms with Crippen LogP contribution in [0.1, 0.15) is 38.2 Å². The van der Waals surface area contributed by atoms with Crippen molar-refractivity contribution in [1.82, 2.24) is 0 Å². The van der Waals surface area contributed by atoms with Crippen molar-refractivity contribution >= 4 is 17.6 Å². The van der Waals surface area contributed by atoms with Gasteiger partial charge in [-0.25, -0.2) is 9.18 Å². The van der Waals surface area contributed by atoms with Crippen molar-refractivity contribution in [2.75, 3.05) is 11.4 Å². The van der Waals surface area contributed by atoms with Gasteiger partial charge < -0.3 is 9.53 Å². The smallest absolute Gasteiger partial charge is 0.414 e. The highest BCUT2D eigenvalue weighted by atomic mass is 19.1. The molecule has 0 bridgehead atoms. The van der Waals surface area contributed by atoms with E-state index in [2.05, 4.69) is 5.92 Å². The second-order valence-electron chi connectivity index (χ2n) is 7.28. The van der Waals surface area contributed by atoms with Crippen molar-refractivity contribution < 1.29 is 18.7 Å². The normalized spacial score (nSPS) is 15.8. The Hall–Kier alpha value is -3.13. The number of amides is 1. The molecule has 1 heterocycles. The number of Topliss-reactive ketones (excluding diaryl/α,β-unsaturated/α-hetero) is 1. The molecule has 0 N–H and O–H groups in total. The summed E-state index contributed by atoms with van der Waals surface area (Å²) in [6.45, 7) is 1.82. The summed E-state index contributed by atoms with van der Waals surface area (Å²) < 4.78 is 20.1. The molecule has 0 saturated carbocycles. The maximum atomic E-state index is 14.8. The van der Waals surface area contributed by atoms with Crippen LogP contribution < -0.4 is 4.90 Å². The molecule has 1 aliphatic heterocycles. The monoisotopic (exact) mass is 393 g/mol. The molecule has 1 aliphatic rings. The highest BCUT2D eigenvalue weighted by Gasteiger charge is 2.32. The third kappa shape index (κ3) is 5.23. The first-order chi connectivity index (χ1) is 14.0. The first-order valence-corrected chi connectivity index (χ1v) is 9.78. The zero-order valence-corrected chi connectivity index (χ0v) is 16.5. The summed E-state index contributed by atoms with van der Waals surface area (Å²) in [7, 11) is 0. The molecule has 0 unspecified atom stereocenters. The van der Waals surface area contributed by atoms with Crippen LogP contribution in [-0.4, -0.2) is 24.5 Å². The van der Waals surface area contributed by atoms with E-state index in [-0.39, 0.29) is 11.9 Å². The number of ketones is 1. The number of hydrogen-bond acceptors (Lipinski definition) is 3. The molecule has 150 valence electrons. The fourth-order valence-corrected chi connectivity index (χ4v) is 3.40. The van der Waals surface area contributed by atoms with Crippen molar-refractivity contribution in [3.63, 3.8) is 0 Å². The van der Waals surface area contributed by atoms with Gasteiger partial charge in [0.1, 0.15) is 17.7 Å². The minimum Gasteiger partial charge on any atom is -0.444 e. The predicted octanol–water partition coefficient (Wildman–Crippen LogP) is 5.14. The van der Waals surface area contributed by atoms with E-state index in [9.17, 15) is 14.0 Å². The van der Waals surface area contributed by atoms with Crippen LogP contribution in [-0.2, 0) is 16.0 Å². The Labute approximate surface area is 170 Å². The number of terminal acetylenes is 1. The maximum absolute atomic E-state index is 14.8.